The molecule has 0 unspecified atom stereocenters. The van der Waals surface area contributed by atoms with E-state index >= 15 is 0 Å². The van der Waals surface area contributed by atoms with Crippen LogP contribution in [0.5, 0.6) is 0 Å². The lowest BCUT2D eigenvalue weighted by molar-refractivity contribution is 0.434. The Morgan fingerprint density at radius 2 is 2.14 bits per heavy atom. The van der Waals surface area contributed by atoms with Crippen molar-refractivity contribution in [1.82, 2.24) is 4.31 Å². The molecular weight excluding hydrogens is 293 g/mol. The monoisotopic (exact) mass is 309 g/mol. The standard InChI is InChI=1S/C14H16FN3O2S/c1-2-18(10-4-9-17)21(19,20)14-7-6-13(15)11-12(14)5-3-8-16/h6-7,11H,2,4,8,10,16H2,1H3. The Morgan fingerprint density at radius 1 is 1.43 bits per heavy atom. The lowest BCUT2D eigenvalue weighted by atomic mass is 10.2. The molecular formula is C14H16FN3O2S. The lowest BCUT2D eigenvalue weighted by Gasteiger charge is -2.20. The van der Waals surface area contributed by atoms with Crippen LogP contribution in [-0.2, 0) is 10.0 Å². The highest BCUT2D eigenvalue weighted by Gasteiger charge is 2.25. The molecule has 1 aromatic rings. The van der Waals surface area contributed by atoms with Crippen molar-refractivity contribution in [3.63, 3.8) is 0 Å². The average Bonchev–Trinajstić information content (AvgIpc) is 2.45. The van der Waals surface area contributed by atoms with E-state index < -0.39 is 15.8 Å². The van der Waals surface area contributed by atoms with E-state index in [0.29, 0.717) is 0 Å². The maximum Gasteiger partial charge on any atom is 0.244 e. The van der Waals surface area contributed by atoms with Gasteiger partial charge in [0, 0.05) is 25.1 Å². The van der Waals surface area contributed by atoms with Crippen molar-refractivity contribution in [3.05, 3.63) is 29.6 Å². The molecule has 0 bridgehead atoms. The predicted molar refractivity (Wildman–Crippen MR) is 77.0 cm³/mol. The van der Waals surface area contributed by atoms with E-state index in [0.717, 1.165) is 16.4 Å². The maximum atomic E-state index is 13.3. The number of sulfonamides is 1. The fraction of sp³-hybridized carbons (Fsp3) is 0.357. The number of nitrogens with two attached hydrogens (primary N) is 1. The van der Waals surface area contributed by atoms with Crippen LogP contribution in [-0.4, -0.2) is 32.4 Å². The van der Waals surface area contributed by atoms with E-state index in [1.807, 2.05) is 6.07 Å². The van der Waals surface area contributed by atoms with Gasteiger partial charge in [-0.1, -0.05) is 18.8 Å². The molecule has 0 aliphatic rings. The largest absolute Gasteiger partial charge is 0.320 e. The first-order chi connectivity index (χ1) is 9.97. The Kier molecular flexibility index (Phi) is 6.32. The zero-order valence-corrected chi connectivity index (χ0v) is 12.5. The summed E-state index contributed by atoms with van der Waals surface area (Å²) in [6.07, 6.45) is 0.0814. The molecule has 0 fully saturated rings. The summed E-state index contributed by atoms with van der Waals surface area (Å²) in [6, 6.07) is 5.22. The summed E-state index contributed by atoms with van der Waals surface area (Å²) in [4.78, 5) is -0.0790. The van der Waals surface area contributed by atoms with Gasteiger partial charge in [0.15, 0.2) is 0 Å². The Balaban J connectivity index is 3.33. The molecule has 0 atom stereocenters. The number of hydrogen-bond donors (Lipinski definition) is 1. The molecule has 0 aliphatic heterocycles. The van der Waals surface area contributed by atoms with Gasteiger partial charge < -0.3 is 5.73 Å². The first-order valence-corrected chi connectivity index (χ1v) is 7.77. The van der Waals surface area contributed by atoms with E-state index in [1.165, 1.54) is 6.07 Å². The van der Waals surface area contributed by atoms with Crippen molar-refractivity contribution in [3.8, 4) is 17.9 Å². The molecule has 1 rings (SSSR count). The Bertz CT molecular complexity index is 699. The van der Waals surface area contributed by atoms with Crippen molar-refractivity contribution < 1.29 is 12.8 Å². The van der Waals surface area contributed by atoms with Gasteiger partial charge in [-0.3, -0.25) is 0 Å². The maximum absolute atomic E-state index is 13.3. The molecule has 2 N–H and O–H groups in total. The van der Waals surface area contributed by atoms with Crippen molar-refractivity contribution in [2.45, 2.75) is 18.2 Å². The zero-order chi connectivity index (χ0) is 15.9. The SMILES string of the molecule is CCN(CCC#N)S(=O)(=O)c1ccc(F)cc1C#CCN. The molecule has 7 heteroatoms. The minimum atomic E-state index is -3.83. The Hall–Kier alpha value is -1.93. The van der Waals surface area contributed by atoms with Crippen LogP contribution in [0, 0.1) is 29.0 Å². The normalized spacial score (nSPS) is 10.8. The summed E-state index contributed by atoms with van der Waals surface area (Å²) in [7, 11) is -3.83. The number of rotatable bonds is 5. The summed E-state index contributed by atoms with van der Waals surface area (Å²) in [5, 5.41) is 8.60. The van der Waals surface area contributed by atoms with Crippen LogP contribution in [0.2, 0.25) is 0 Å². The van der Waals surface area contributed by atoms with Gasteiger partial charge in [0.25, 0.3) is 0 Å². The molecule has 0 amide bonds. The number of benzene rings is 1. The summed E-state index contributed by atoms with van der Waals surface area (Å²) in [5.41, 5.74) is 5.33. The van der Waals surface area contributed by atoms with E-state index in [2.05, 4.69) is 11.8 Å². The summed E-state index contributed by atoms with van der Waals surface area (Å²) in [6.45, 7) is 2.01. The molecule has 0 heterocycles. The summed E-state index contributed by atoms with van der Waals surface area (Å²) < 4.78 is 39.6. The minimum absolute atomic E-state index is 0.0436. The van der Waals surface area contributed by atoms with Crippen LogP contribution >= 0.6 is 0 Å². The van der Waals surface area contributed by atoms with Gasteiger partial charge in [0.2, 0.25) is 10.0 Å². The quantitative estimate of drug-likeness (QED) is 0.824. The third-order valence-corrected chi connectivity index (χ3v) is 4.74. The third kappa shape index (κ3) is 4.27. The minimum Gasteiger partial charge on any atom is -0.320 e. The van der Waals surface area contributed by atoms with E-state index in [1.54, 1.807) is 6.92 Å². The first kappa shape index (κ1) is 17.1. The Labute approximate surface area is 124 Å². The van der Waals surface area contributed by atoms with Crippen LogP contribution in [0.25, 0.3) is 0 Å². The highest BCUT2D eigenvalue weighted by molar-refractivity contribution is 7.89. The average molecular weight is 309 g/mol. The smallest absolute Gasteiger partial charge is 0.244 e. The highest BCUT2D eigenvalue weighted by atomic mass is 32.2. The van der Waals surface area contributed by atoms with Gasteiger partial charge >= 0.3 is 0 Å². The van der Waals surface area contributed by atoms with Crippen LogP contribution < -0.4 is 5.73 Å². The van der Waals surface area contributed by atoms with Crippen LogP contribution in [0.3, 0.4) is 0 Å². The summed E-state index contributed by atoms with van der Waals surface area (Å²) in [5.74, 6) is 4.52. The van der Waals surface area contributed by atoms with Gasteiger partial charge in [-0.05, 0) is 18.2 Å². The third-order valence-electron chi connectivity index (χ3n) is 2.71. The second-order valence-corrected chi connectivity index (χ2v) is 5.96. The van der Waals surface area contributed by atoms with Gasteiger partial charge in [-0.25, -0.2) is 12.8 Å². The molecule has 0 aliphatic carbocycles. The molecule has 0 spiro atoms. The Morgan fingerprint density at radius 3 is 2.71 bits per heavy atom. The number of halogens is 1. The molecule has 0 radical (unpaired) electrons. The lowest BCUT2D eigenvalue weighted by Crippen LogP contribution is -2.32. The molecule has 1 aromatic carbocycles. The van der Waals surface area contributed by atoms with Crippen LogP contribution in [0.1, 0.15) is 18.9 Å². The number of nitrogens with zero attached hydrogens (tertiary/aromatic N) is 2. The van der Waals surface area contributed by atoms with Crippen LogP contribution in [0.15, 0.2) is 23.1 Å². The topological polar surface area (TPSA) is 87.2 Å². The molecule has 112 valence electrons. The van der Waals surface area contributed by atoms with Crippen molar-refractivity contribution in [2.24, 2.45) is 5.73 Å². The predicted octanol–water partition coefficient (Wildman–Crippen LogP) is 1.06. The van der Waals surface area contributed by atoms with Crippen molar-refractivity contribution in [2.75, 3.05) is 19.6 Å². The van der Waals surface area contributed by atoms with Crippen molar-refractivity contribution in [1.29, 1.82) is 5.26 Å². The van der Waals surface area contributed by atoms with Crippen molar-refractivity contribution >= 4 is 10.0 Å². The number of nitriles is 1. The fourth-order valence-electron chi connectivity index (χ4n) is 1.73. The van der Waals surface area contributed by atoms with Gasteiger partial charge in [-0.15, -0.1) is 0 Å². The highest BCUT2D eigenvalue weighted by Crippen LogP contribution is 2.21. The molecule has 5 nitrogen and oxygen atoms in total. The molecule has 0 saturated heterocycles. The molecule has 0 aromatic heterocycles. The van der Waals surface area contributed by atoms with Gasteiger partial charge in [0.05, 0.1) is 17.5 Å². The van der Waals surface area contributed by atoms with E-state index in [4.69, 9.17) is 11.0 Å². The summed E-state index contributed by atoms with van der Waals surface area (Å²) >= 11 is 0. The second-order valence-electron chi connectivity index (χ2n) is 4.05. The number of hydrogen-bond acceptors (Lipinski definition) is 4. The van der Waals surface area contributed by atoms with Gasteiger partial charge in [0.1, 0.15) is 5.82 Å². The molecule has 0 saturated carbocycles. The second kappa shape index (κ2) is 7.75. The van der Waals surface area contributed by atoms with Crippen LogP contribution in [0.4, 0.5) is 4.39 Å². The van der Waals surface area contributed by atoms with E-state index in [-0.39, 0.29) is 36.5 Å². The van der Waals surface area contributed by atoms with E-state index in [9.17, 15) is 12.8 Å². The fourth-order valence-corrected chi connectivity index (χ4v) is 3.31. The van der Waals surface area contributed by atoms with Gasteiger partial charge in [-0.2, -0.15) is 9.57 Å². The first-order valence-electron chi connectivity index (χ1n) is 6.33. The molecule has 21 heavy (non-hydrogen) atoms. The zero-order valence-electron chi connectivity index (χ0n) is 11.6.